The van der Waals surface area contributed by atoms with Crippen molar-refractivity contribution in [3.05, 3.63) is 29.3 Å². The molecule has 1 aliphatic rings. The zero-order valence-corrected chi connectivity index (χ0v) is 13.1. The maximum absolute atomic E-state index is 14.3. The lowest BCUT2D eigenvalue weighted by Gasteiger charge is -2.32. The third-order valence-corrected chi connectivity index (χ3v) is 4.22. The predicted octanol–water partition coefficient (Wildman–Crippen LogP) is 2.45. The fraction of sp³-hybridized carbons (Fsp3) is 0.600. The molecule has 1 fully saturated rings. The summed E-state index contributed by atoms with van der Waals surface area (Å²) in [4.78, 5) is 0. The number of halogens is 2. The summed E-state index contributed by atoms with van der Waals surface area (Å²) in [7, 11) is 0.511. The first-order valence-electron chi connectivity index (χ1n) is 7.00. The third kappa shape index (κ3) is 3.12. The average Bonchev–Trinajstić information content (AvgIpc) is 2.54. The minimum atomic E-state index is -1.04. The van der Waals surface area contributed by atoms with E-state index in [4.69, 9.17) is 14.0 Å². The highest BCUT2D eigenvalue weighted by Gasteiger charge is 2.53. The van der Waals surface area contributed by atoms with Crippen LogP contribution in [0.15, 0.2) is 12.1 Å². The zero-order chi connectivity index (χ0) is 15.8. The molecule has 1 aliphatic heterocycles. The van der Waals surface area contributed by atoms with Crippen LogP contribution in [0.5, 0.6) is 0 Å². The highest BCUT2D eigenvalue weighted by Crippen LogP contribution is 2.36. The fourth-order valence-corrected chi connectivity index (χ4v) is 2.19. The standard InChI is InChI=1S/C15H21BF2O3/c1-14(2)15(3,4)21-16(20-14)13-11(17)8-10(6-7-19-5)9-12(13)18/h8-9H,6-7H2,1-5H3. The van der Waals surface area contributed by atoms with Gasteiger partial charge in [0.15, 0.2) is 0 Å². The second-order valence-corrected chi connectivity index (χ2v) is 6.30. The van der Waals surface area contributed by atoms with Crippen molar-refractivity contribution in [2.45, 2.75) is 45.3 Å². The van der Waals surface area contributed by atoms with Crippen molar-refractivity contribution in [2.75, 3.05) is 13.7 Å². The monoisotopic (exact) mass is 298 g/mol. The predicted molar refractivity (Wildman–Crippen MR) is 77.7 cm³/mol. The molecule has 1 aromatic carbocycles. The molecule has 0 aliphatic carbocycles. The Kier molecular flexibility index (Phi) is 4.43. The van der Waals surface area contributed by atoms with E-state index in [2.05, 4.69) is 0 Å². The van der Waals surface area contributed by atoms with E-state index in [1.165, 1.54) is 12.1 Å². The SMILES string of the molecule is COCCc1cc(F)c(B2OC(C)(C)C(C)(C)O2)c(F)c1. The smallest absolute Gasteiger partial charge is 0.399 e. The molecule has 0 amide bonds. The zero-order valence-electron chi connectivity index (χ0n) is 13.1. The van der Waals surface area contributed by atoms with Crippen LogP contribution < -0.4 is 5.46 Å². The molecule has 3 nitrogen and oxygen atoms in total. The summed E-state index contributed by atoms with van der Waals surface area (Å²) >= 11 is 0. The molecule has 6 heteroatoms. The quantitative estimate of drug-likeness (QED) is 0.799. The van der Waals surface area contributed by atoms with Crippen LogP contribution >= 0.6 is 0 Å². The second-order valence-electron chi connectivity index (χ2n) is 6.30. The van der Waals surface area contributed by atoms with Crippen molar-refractivity contribution >= 4 is 12.6 Å². The van der Waals surface area contributed by atoms with E-state index in [0.717, 1.165) is 0 Å². The second kappa shape index (κ2) is 5.67. The minimum Gasteiger partial charge on any atom is -0.399 e. The molecule has 0 atom stereocenters. The van der Waals surface area contributed by atoms with E-state index in [1.807, 2.05) is 27.7 Å². The maximum atomic E-state index is 14.3. The van der Waals surface area contributed by atoms with Gasteiger partial charge in [-0.3, -0.25) is 0 Å². The number of ether oxygens (including phenoxy) is 1. The van der Waals surface area contributed by atoms with Gasteiger partial charge in [-0.2, -0.15) is 0 Å². The largest absolute Gasteiger partial charge is 0.500 e. The highest BCUT2D eigenvalue weighted by atomic mass is 19.1. The highest BCUT2D eigenvalue weighted by molar-refractivity contribution is 6.62. The summed E-state index contributed by atoms with van der Waals surface area (Å²) in [5.41, 5.74) is -0.891. The first-order valence-corrected chi connectivity index (χ1v) is 7.00. The van der Waals surface area contributed by atoms with Gasteiger partial charge in [0.05, 0.1) is 23.3 Å². The molecular formula is C15H21BF2O3. The van der Waals surface area contributed by atoms with Gasteiger partial charge >= 0.3 is 7.12 Å². The van der Waals surface area contributed by atoms with Crippen LogP contribution in [0.2, 0.25) is 0 Å². The fourth-order valence-electron chi connectivity index (χ4n) is 2.19. The van der Waals surface area contributed by atoms with Crippen LogP contribution in [0.3, 0.4) is 0 Å². The van der Waals surface area contributed by atoms with E-state index < -0.39 is 30.0 Å². The van der Waals surface area contributed by atoms with E-state index in [9.17, 15) is 8.78 Å². The van der Waals surface area contributed by atoms with Crippen molar-refractivity contribution in [1.29, 1.82) is 0 Å². The van der Waals surface area contributed by atoms with E-state index in [1.54, 1.807) is 7.11 Å². The van der Waals surface area contributed by atoms with Crippen molar-refractivity contribution in [3.63, 3.8) is 0 Å². The molecule has 0 N–H and O–H groups in total. The van der Waals surface area contributed by atoms with E-state index in [0.29, 0.717) is 18.6 Å². The van der Waals surface area contributed by atoms with Gasteiger partial charge in [-0.1, -0.05) is 0 Å². The first-order chi connectivity index (χ1) is 9.68. The van der Waals surface area contributed by atoms with Crippen molar-refractivity contribution in [1.82, 2.24) is 0 Å². The number of hydrogen-bond acceptors (Lipinski definition) is 3. The summed E-state index contributed by atoms with van der Waals surface area (Å²) < 4.78 is 44.8. The number of benzene rings is 1. The molecular weight excluding hydrogens is 277 g/mol. The van der Waals surface area contributed by atoms with Gasteiger partial charge in [-0.05, 0) is 51.8 Å². The topological polar surface area (TPSA) is 27.7 Å². The summed E-state index contributed by atoms with van der Waals surface area (Å²) in [5.74, 6) is -1.31. The van der Waals surface area contributed by atoms with Gasteiger partial charge in [0.25, 0.3) is 0 Å². The van der Waals surface area contributed by atoms with Crippen molar-refractivity contribution in [2.24, 2.45) is 0 Å². The van der Waals surface area contributed by atoms with Gasteiger partial charge in [-0.25, -0.2) is 8.78 Å². The van der Waals surface area contributed by atoms with E-state index in [-0.39, 0.29) is 5.46 Å². The molecule has 116 valence electrons. The van der Waals surface area contributed by atoms with Gasteiger partial charge in [-0.15, -0.1) is 0 Å². The average molecular weight is 298 g/mol. The Bertz CT molecular complexity index is 493. The molecule has 0 spiro atoms. The van der Waals surface area contributed by atoms with Crippen LogP contribution in [-0.4, -0.2) is 32.0 Å². The molecule has 2 rings (SSSR count). The molecule has 1 aromatic rings. The number of rotatable bonds is 4. The molecule has 0 unspecified atom stereocenters. The lowest BCUT2D eigenvalue weighted by molar-refractivity contribution is 0.00578. The molecule has 0 bridgehead atoms. The van der Waals surface area contributed by atoms with Crippen molar-refractivity contribution in [3.8, 4) is 0 Å². The molecule has 0 saturated carbocycles. The molecule has 21 heavy (non-hydrogen) atoms. The number of hydrogen-bond donors (Lipinski definition) is 0. The molecule has 1 heterocycles. The van der Waals surface area contributed by atoms with Crippen molar-refractivity contribution < 1.29 is 22.8 Å². The normalized spacial score (nSPS) is 20.0. The van der Waals surface area contributed by atoms with Crippen LogP contribution in [0.1, 0.15) is 33.3 Å². The Hall–Kier alpha value is -0.975. The molecule has 1 saturated heterocycles. The van der Waals surface area contributed by atoms with Gasteiger partial charge in [0.2, 0.25) is 0 Å². The third-order valence-electron chi connectivity index (χ3n) is 4.22. The Morgan fingerprint density at radius 1 is 1.05 bits per heavy atom. The summed E-state index contributed by atoms with van der Waals surface area (Å²) in [6.45, 7) is 7.78. The lowest BCUT2D eigenvalue weighted by atomic mass is 9.77. The summed E-state index contributed by atoms with van der Waals surface area (Å²) in [5, 5.41) is 0. The van der Waals surface area contributed by atoms with Gasteiger partial charge in [0, 0.05) is 7.11 Å². The van der Waals surface area contributed by atoms with Crippen LogP contribution in [0, 0.1) is 11.6 Å². The Labute approximate surface area is 124 Å². The van der Waals surface area contributed by atoms with Gasteiger partial charge in [0.1, 0.15) is 11.6 Å². The molecule has 0 radical (unpaired) electrons. The van der Waals surface area contributed by atoms with Crippen LogP contribution in [0.4, 0.5) is 8.78 Å². The van der Waals surface area contributed by atoms with Crippen LogP contribution in [0.25, 0.3) is 0 Å². The Morgan fingerprint density at radius 3 is 1.95 bits per heavy atom. The molecule has 0 aromatic heterocycles. The first kappa shape index (κ1) is 16.4. The number of methoxy groups -OCH3 is 1. The summed E-state index contributed by atoms with van der Waals surface area (Å²) in [6.07, 6.45) is 0.452. The lowest BCUT2D eigenvalue weighted by Crippen LogP contribution is -2.41. The van der Waals surface area contributed by atoms with E-state index >= 15 is 0 Å². The van der Waals surface area contributed by atoms with Gasteiger partial charge < -0.3 is 14.0 Å². The van der Waals surface area contributed by atoms with Crippen LogP contribution in [-0.2, 0) is 20.5 Å². The minimum absolute atomic E-state index is 0.171. The summed E-state index contributed by atoms with van der Waals surface area (Å²) in [6, 6.07) is 2.62. The Balaban J connectivity index is 2.30. The maximum Gasteiger partial charge on any atom is 0.500 e. The Morgan fingerprint density at radius 2 is 1.52 bits per heavy atom.